The Labute approximate surface area is 198 Å². The van der Waals surface area contributed by atoms with E-state index in [-0.39, 0.29) is 24.1 Å². The van der Waals surface area contributed by atoms with Gasteiger partial charge in [-0.25, -0.2) is 4.79 Å². The maximum absolute atomic E-state index is 12.3. The van der Waals surface area contributed by atoms with Crippen LogP contribution in [0.15, 0.2) is 33.9 Å². The van der Waals surface area contributed by atoms with Gasteiger partial charge in [0.05, 0.1) is 17.7 Å². The van der Waals surface area contributed by atoms with E-state index in [0.717, 1.165) is 50.1 Å². The summed E-state index contributed by atoms with van der Waals surface area (Å²) in [6.45, 7) is 13.3. The third kappa shape index (κ3) is 5.60. The summed E-state index contributed by atoms with van der Waals surface area (Å²) in [7, 11) is 3.60. The van der Waals surface area contributed by atoms with Crippen LogP contribution in [0.2, 0.25) is 0 Å². The summed E-state index contributed by atoms with van der Waals surface area (Å²) in [6.07, 6.45) is 5.04. The van der Waals surface area contributed by atoms with E-state index in [1.165, 1.54) is 5.70 Å². The summed E-state index contributed by atoms with van der Waals surface area (Å²) in [5, 5.41) is 3.02. The van der Waals surface area contributed by atoms with E-state index >= 15 is 0 Å². The van der Waals surface area contributed by atoms with Gasteiger partial charge in [-0.3, -0.25) is 9.98 Å². The minimum atomic E-state index is -0.689. The SMILES string of the molecule is C=CC(C)(C)OC(=O)NC1CCN(C2=C(C(C)=NC)C(N)=NC3C(C)CC(OC)CC23)CC1. The van der Waals surface area contributed by atoms with Crippen LogP contribution in [0, 0.1) is 11.8 Å². The molecule has 3 N–H and O–H groups in total. The molecule has 33 heavy (non-hydrogen) atoms. The number of amides is 1. The number of nitrogens with zero attached hydrogens (tertiary/aromatic N) is 3. The minimum absolute atomic E-state index is 0.0711. The first-order chi connectivity index (χ1) is 15.6. The first-order valence-electron chi connectivity index (χ1n) is 12.0. The Balaban J connectivity index is 1.79. The van der Waals surface area contributed by atoms with Gasteiger partial charge in [-0.15, -0.1) is 0 Å². The Kier molecular flexibility index (Phi) is 7.88. The van der Waals surface area contributed by atoms with Crippen molar-refractivity contribution in [1.82, 2.24) is 10.2 Å². The van der Waals surface area contributed by atoms with Crippen molar-refractivity contribution >= 4 is 17.6 Å². The third-order valence-electron chi connectivity index (χ3n) is 7.33. The van der Waals surface area contributed by atoms with Crippen molar-refractivity contribution in [3.8, 4) is 0 Å². The van der Waals surface area contributed by atoms with E-state index in [4.69, 9.17) is 20.2 Å². The van der Waals surface area contributed by atoms with Gasteiger partial charge in [0.2, 0.25) is 0 Å². The maximum atomic E-state index is 12.3. The van der Waals surface area contributed by atoms with Crippen LogP contribution in [-0.2, 0) is 9.47 Å². The van der Waals surface area contributed by atoms with Crippen molar-refractivity contribution < 1.29 is 14.3 Å². The fourth-order valence-corrected chi connectivity index (χ4v) is 5.31. The summed E-state index contributed by atoms with van der Waals surface area (Å²) in [4.78, 5) is 24.2. The van der Waals surface area contributed by atoms with Gasteiger partial charge in [-0.2, -0.15) is 0 Å². The van der Waals surface area contributed by atoms with E-state index in [1.54, 1.807) is 20.2 Å². The van der Waals surface area contributed by atoms with Gasteiger partial charge < -0.3 is 25.4 Å². The van der Waals surface area contributed by atoms with E-state index in [1.807, 2.05) is 20.8 Å². The molecule has 0 aromatic rings. The molecule has 4 atom stereocenters. The second-order valence-electron chi connectivity index (χ2n) is 10.1. The predicted octanol–water partition coefficient (Wildman–Crippen LogP) is 3.29. The Morgan fingerprint density at radius 2 is 2.00 bits per heavy atom. The number of piperidine rings is 1. The molecule has 1 aliphatic carbocycles. The van der Waals surface area contributed by atoms with Gasteiger partial charge >= 0.3 is 6.09 Å². The number of fused-ring (bicyclic) bond motifs is 1. The quantitative estimate of drug-likeness (QED) is 0.469. The average Bonchev–Trinajstić information content (AvgIpc) is 2.78. The molecule has 0 bridgehead atoms. The Morgan fingerprint density at radius 1 is 1.33 bits per heavy atom. The second kappa shape index (κ2) is 10.3. The third-order valence-corrected chi connectivity index (χ3v) is 7.33. The molecule has 0 aromatic heterocycles. The lowest BCUT2D eigenvalue weighted by molar-refractivity contribution is 0.0219. The van der Waals surface area contributed by atoms with E-state index in [9.17, 15) is 4.79 Å². The predicted molar refractivity (Wildman–Crippen MR) is 133 cm³/mol. The summed E-state index contributed by atoms with van der Waals surface area (Å²) in [5.41, 5.74) is 8.97. The zero-order valence-corrected chi connectivity index (χ0v) is 21.1. The standard InChI is InChI=1S/C25H41N5O3/c1-8-25(4,5)33-24(31)28-17-9-11-30(12-10-17)22-19-14-18(32-7)13-15(2)21(19)29-23(26)20(22)16(3)27-6/h8,15,17-19,21H,1,9-14H2,2-7H3,(H2,26,29)(H,28,31). The maximum Gasteiger partial charge on any atom is 0.408 e. The number of aliphatic imine (C=N–C) groups is 2. The summed E-state index contributed by atoms with van der Waals surface area (Å²) in [5.74, 6) is 1.23. The number of nitrogens with two attached hydrogens (primary N) is 1. The van der Waals surface area contributed by atoms with Crippen molar-refractivity contribution in [2.75, 3.05) is 27.2 Å². The van der Waals surface area contributed by atoms with Crippen molar-refractivity contribution in [2.45, 2.75) is 77.2 Å². The number of carbonyl (C=O) groups is 1. The smallest absolute Gasteiger partial charge is 0.408 e. The molecule has 4 unspecified atom stereocenters. The van der Waals surface area contributed by atoms with Crippen LogP contribution in [0.5, 0.6) is 0 Å². The molecule has 8 nitrogen and oxygen atoms in total. The molecule has 1 saturated carbocycles. The van der Waals surface area contributed by atoms with Crippen LogP contribution < -0.4 is 11.1 Å². The van der Waals surface area contributed by atoms with E-state index < -0.39 is 11.7 Å². The van der Waals surface area contributed by atoms with Crippen molar-refractivity contribution in [1.29, 1.82) is 0 Å². The van der Waals surface area contributed by atoms with Gasteiger partial charge in [0, 0.05) is 50.6 Å². The number of nitrogens with one attached hydrogen (secondary N) is 1. The number of likely N-dealkylation sites (tertiary alicyclic amines) is 1. The molecule has 2 fully saturated rings. The number of alkyl carbamates (subject to hydrolysis) is 1. The highest BCUT2D eigenvalue weighted by Gasteiger charge is 2.44. The van der Waals surface area contributed by atoms with E-state index in [0.29, 0.717) is 11.8 Å². The lowest BCUT2D eigenvalue weighted by Crippen LogP contribution is -2.51. The van der Waals surface area contributed by atoms with Crippen LogP contribution in [0.3, 0.4) is 0 Å². The zero-order valence-electron chi connectivity index (χ0n) is 21.1. The topological polar surface area (TPSA) is 102 Å². The molecule has 1 saturated heterocycles. The number of carbonyl (C=O) groups excluding carboxylic acids is 1. The molecular weight excluding hydrogens is 418 g/mol. The number of rotatable bonds is 6. The molecule has 1 amide bonds. The molecule has 184 valence electrons. The molecule has 0 radical (unpaired) electrons. The zero-order chi connectivity index (χ0) is 24.3. The fourth-order valence-electron chi connectivity index (χ4n) is 5.31. The van der Waals surface area contributed by atoms with Gasteiger partial charge in [-0.1, -0.05) is 13.5 Å². The Bertz CT molecular complexity index is 839. The number of amidine groups is 1. The van der Waals surface area contributed by atoms with E-state index in [2.05, 4.69) is 28.7 Å². The van der Waals surface area contributed by atoms with Crippen LogP contribution in [-0.4, -0.2) is 73.6 Å². The number of dihydropyridines is 1. The highest BCUT2D eigenvalue weighted by Crippen LogP contribution is 2.43. The summed E-state index contributed by atoms with van der Waals surface area (Å²) in [6, 6.07) is 0.230. The normalized spacial score (nSPS) is 29.3. The monoisotopic (exact) mass is 459 g/mol. The first kappa shape index (κ1) is 25.3. The molecular formula is C25H41N5O3. The van der Waals surface area contributed by atoms with Crippen LogP contribution in [0.4, 0.5) is 4.79 Å². The average molecular weight is 460 g/mol. The number of methoxy groups -OCH3 is 1. The van der Waals surface area contributed by atoms with Crippen molar-refractivity contribution in [3.05, 3.63) is 23.9 Å². The molecule has 3 rings (SSSR count). The van der Waals surface area contributed by atoms with Crippen molar-refractivity contribution in [2.24, 2.45) is 27.6 Å². The number of ether oxygens (including phenoxy) is 2. The largest absolute Gasteiger partial charge is 0.439 e. The van der Waals surface area contributed by atoms with Crippen molar-refractivity contribution in [3.63, 3.8) is 0 Å². The number of hydrogen-bond donors (Lipinski definition) is 2. The molecule has 0 spiro atoms. The molecule has 0 aromatic carbocycles. The lowest BCUT2D eigenvalue weighted by Gasteiger charge is -2.47. The molecule has 2 aliphatic heterocycles. The summed E-state index contributed by atoms with van der Waals surface area (Å²) < 4.78 is 11.2. The van der Waals surface area contributed by atoms with Gasteiger partial charge in [-0.05, 0) is 58.4 Å². The van der Waals surface area contributed by atoms with Gasteiger partial charge in [0.1, 0.15) is 11.4 Å². The van der Waals surface area contributed by atoms with Gasteiger partial charge in [0.15, 0.2) is 0 Å². The van der Waals surface area contributed by atoms with Crippen LogP contribution in [0.25, 0.3) is 0 Å². The highest BCUT2D eigenvalue weighted by molar-refractivity contribution is 6.23. The second-order valence-corrected chi connectivity index (χ2v) is 10.1. The molecule has 8 heteroatoms. The van der Waals surface area contributed by atoms with Crippen LogP contribution in [0.1, 0.15) is 53.4 Å². The minimum Gasteiger partial charge on any atom is -0.439 e. The van der Waals surface area contributed by atoms with Crippen LogP contribution >= 0.6 is 0 Å². The lowest BCUT2D eigenvalue weighted by atomic mass is 9.71. The number of hydrogen-bond acceptors (Lipinski definition) is 7. The molecule has 2 heterocycles. The highest BCUT2D eigenvalue weighted by atomic mass is 16.6. The molecule has 3 aliphatic rings. The fraction of sp³-hybridized carbons (Fsp3) is 0.720. The Morgan fingerprint density at radius 3 is 2.58 bits per heavy atom. The van der Waals surface area contributed by atoms with Gasteiger partial charge in [0.25, 0.3) is 0 Å². The first-order valence-corrected chi connectivity index (χ1v) is 12.0. The Hall–Kier alpha value is -2.35. The summed E-state index contributed by atoms with van der Waals surface area (Å²) >= 11 is 0.